The number of aromatic nitrogens is 1. The number of carbonyl (C=O) groups excluding carboxylic acids is 1. The quantitative estimate of drug-likeness (QED) is 0.828. The highest BCUT2D eigenvalue weighted by molar-refractivity contribution is 5.54. The van der Waals surface area contributed by atoms with Gasteiger partial charge in [-0.15, -0.1) is 0 Å². The first kappa shape index (κ1) is 16.4. The molecule has 5 nitrogen and oxygen atoms in total. The lowest BCUT2D eigenvalue weighted by atomic mass is 10.0. The molecule has 3 N–H and O–H groups in total. The highest BCUT2D eigenvalue weighted by Crippen LogP contribution is 2.26. The second kappa shape index (κ2) is 7.24. The minimum Gasteiger partial charge on any atom is -0.397 e. The van der Waals surface area contributed by atoms with Gasteiger partial charge in [0.05, 0.1) is 29.8 Å². The highest BCUT2D eigenvalue weighted by Gasteiger charge is 2.30. The number of carbonyl (C=O) groups is 1. The van der Waals surface area contributed by atoms with E-state index in [0.717, 1.165) is 29.9 Å². The van der Waals surface area contributed by atoms with Crippen molar-refractivity contribution < 1.29 is 4.79 Å². The first-order valence-corrected chi connectivity index (χ1v) is 6.99. The van der Waals surface area contributed by atoms with Crippen molar-refractivity contribution in [2.45, 2.75) is 39.2 Å². The van der Waals surface area contributed by atoms with E-state index in [1.807, 2.05) is 20.0 Å². The van der Waals surface area contributed by atoms with Crippen molar-refractivity contribution in [3.8, 4) is 0 Å². The Kier molecular flexibility index (Phi) is 5.95. The van der Waals surface area contributed by atoms with Crippen LogP contribution in [0.2, 0.25) is 0 Å². The van der Waals surface area contributed by atoms with Crippen molar-refractivity contribution in [3.63, 3.8) is 0 Å². The van der Waals surface area contributed by atoms with Gasteiger partial charge in [0.25, 0.3) is 0 Å². The minimum atomic E-state index is 0.265. The Balaban J connectivity index is 0.000000200. The summed E-state index contributed by atoms with van der Waals surface area (Å²) >= 11 is 0. The summed E-state index contributed by atoms with van der Waals surface area (Å²) in [6.07, 6.45) is 5.21. The average molecular weight is 278 g/mol. The number of hydrogen-bond donors (Lipinski definition) is 2. The van der Waals surface area contributed by atoms with E-state index in [1.54, 1.807) is 6.20 Å². The van der Waals surface area contributed by atoms with Crippen molar-refractivity contribution in [1.82, 2.24) is 9.88 Å². The van der Waals surface area contributed by atoms with Gasteiger partial charge in [0.2, 0.25) is 0 Å². The Labute approximate surface area is 121 Å². The van der Waals surface area contributed by atoms with Crippen molar-refractivity contribution >= 4 is 17.7 Å². The molecule has 1 saturated heterocycles. The fourth-order valence-electron chi connectivity index (χ4n) is 2.28. The molecule has 112 valence electrons. The molecule has 1 fully saturated rings. The number of nitrogens with zero attached hydrogens (tertiary/aromatic N) is 2. The summed E-state index contributed by atoms with van der Waals surface area (Å²) < 4.78 is 0. The molecule has 0 atom stereocenters. The van der Waals surface area contributed by atoms with Crippen molar-refractivity contribution in [2.24, 2.45) is 0 Å². The van der Waals surface area contributed by atoms with Gasteiger partial charge >= 0.3 is 0 Å². The number of pyridine rings is 1. The largest absolute Gasteiger partial charge is 0.397 e. The lowest BCUT2D eigenvalue weighted by Crippen LogP contribution is -2.39. The number of nitrogens with one attached hydrogen (secondary N) is 1. The second-order valence-electron chi connectivity index (χ2n) is 5.68. The number of anilines is 2. The first-order chi connectivity index (χ1) is 9.40. The average Bonchev–Trinajstić information content (AvgIpc) is 2.74. The zero-order valence-corrected chi connectivity index (χ0v) is 12.9. The van der Waals surface area contributed by atoms with Crippen LogP contribution in [0.25, 0.3) is 0 Å². The molecule has 0 radical (unpaired) electrons. The molecule has 1 aliphatic rings. The lowest BCUT2D eigenvalue weighted by molar-refractivity contribution is -0.109. The molecule has 0 amide bonds. The fraction of sp³-hybridized carbons (Fsp3) is 0.600. The van der Waals surface area contributed by atoms with Crippen LogP contribution in [0.1, 0.15) is 32.4 Å². The number of hydrogen-bond acceptors (Lipinski definition) is 5. The van der Waals surface area contributed by atoms with Crippen LogP contribution in [-0.2, 0) is 4.79 Å². The molecule has 1 aromatic rings. The third-order valence-electron chi connectivity index (χ3n) is 3.78. The fourth-order valence-corrected chi connectivity index (χ4v) is 2.28. The first-order valence-electron chi connectivity index (χ1n) is 6.99. The van der Waals surface area contributed by atoms with Gasteiger partial charge in [0.1, 0.15) is 6.29 Å². The molecule has 5 heteroatoms. The molecular formula is C15H26N4O. The molecule has 0 aliphatic carbocycles. The van der Waals surface area contributed by atoms with Gasteiger partial charge in [-0.25, -0.2) is 0 Å². The van der Waals surface area contributed by atoms with Crippen LogP contribution in [0, 0.1) is 6.92 Å². The van der Waals surface area contributed by atoms with Crippen molar-refractivity contribution in [2.75, 3.05) is 31.2 Å². The Morgan fingerprint density at radius 2 is 2.25 bits per heavy atom. The van der Waals surface area contributed by atoms with Crippen LogP contribution < -0.4 is 11.1 Å². The van der Waals surface area contributed by atoms with E-state index in [2.05, 4.69) is 29.0 Å². The van der Waals surface area contributed by atoms with Gasteiger partial charge in [0, 0.05) is 12.6 Å². The number of aryl methyl sites for hydroxylation is 1. The van der Waals surface area contributed by atoms with E-state index in [9.17, 15) is 4.79 Å². The lowest BCUT2D eigenvalue weighted by Gasteiger charge is -2.29. The van der Waals surface area contributed by atoms with Crippen molar-refractivity contribution in [1.29, 1.82) is 0 Å². The maximum Gasteiger partial charge on any atom is 0.133 e. The zero-order chi connectivity index (χ0) is 15.2. The maximum absolute atomic E-state index is 10.2. The summed E-state index contributed by atoms with van der Waals surface area (Å²) in [5, 5.41) is 2.95. The monoisotopic (exact) mass is 278 g/mol. The van der Waals surface area contributed by atoms with E-state index < -0.39 is 0 Å². The third kappa shape index (κ3) is 4.49. The number of nitrogen functional groups attached to an aromatic ring is 1. The molecule has 0 unspecified atom stereocenters. The van der Waals surface area contributed by atoms with Gasteiger partial charge in [-0.05, 0) is 46.2 Å². The van der Waals surface area contributed by atoms with Gasteiger partial charge in [-0.2, -0.15) is 0 Å². The molecule has 20 heavy (non-hydrogen) atoms. The summed E-state index contributed by atoms with van der Waals surface area (Å²) in [7, 11) is 1.84. The smallest absolute Gasteiger partial charge is 0.133 e. The van der Waals surface area contributed by atoms with E-state index >= 15 is 0 Å². The highest BCUT2D eigenvalue weighted by atomic mass is 16.1. The van der Waals surface area contributed by atoms with Gasteiger partial charge in [-0.1, -0.05) is 0 Å². The molecule has 1 aromatic heterocycles. The third-order valence-corrected chi connectivity index (χ3v) is 3.78. The van der Waals surface area contributed by atoms with Gasteiger partial charge in [-0.3, -0.25) is 9.88 Å². The summed E-state index contributed by atoms with van der Waals surface area (Å²) in [6, 6.07) is 1.86. The van der Waals surface area contributed by atoms with Crippen LogP contribution in [0.3, 0.4) is 0 Å². The predicted molar refractivity (Wildman–Crippen MR) is 83.9 cm³/mol. The SMILES string of the molecule is CC1(C)CCCN1CC=O.CNc1cnc(C)c(N)c1. The van der Waals surface area contributed by atoms with Crippen LogP contribution in [0.5, 0.6) is 0 Å². The second-order valence-corrected chi connectivity index (χ2v) is 5.68. The number of aldehydes is 1. The molecule has 2 rings (SSSR count). The molecule has 2 heterocycles. The van der Waals surface area contributed by atoms with Gasteiger partial charge < -0.3 is 15.8 Å². The number of nitrogens with two attached hydrogens (primary N) is 1. The van der Waals surface area contributed by atoms with E-state index in [-0.39, 0.29) is 5.54 Å². The predicted octanol–water partition coefficient (Wildman–Crippen LogP) is 2.07. The Morgan fingerprint density at radius 3 is 2.70 bits per heavy atom. The molecular weight excluding hydrogens is 252 g/mol. The maximum atomic E-state index is 10.2. The topological polar surface area (TPSA) is 71.2 Å². The summed E-state index contributed by atoms with van der Waals surface area (Å²) in [5.41, 5.74) is 8.41. The summed E-state index contributed by atoms with van der Waals surface area (Å²) in [4.78, 5) is 16.5. The Bertz CT molecular complexity index is 445. The number of rotatable bonds is 3. The van der Waals surface area contributed by atoms with Crippen LogP contribution in [0.15, 0.2) is 12.3 Å². The van der Waals surface area contributed by atoms with Crippen LogP contribution in [0.4, 0.5) is 11.4 Å². The standard InChI is InChI=1S/C8H15NO.C7H11N3/c1-8(2)4-3-5-9(8)6-7-10;1-5-7(8)3-6(9-2)4-10-5/h7H,3-6H2,1-2H3;3-4,9H,8H2,1-2H3. The van der Waals surface area contributed by atoms with Gasteiger partial charge in [0.15, 0.2) is 0 Å². The summed E-state index contributed by atoms with van der Waals surface area (Å²) in [6.45, 7) is 7.97. The Morgan fingerprint density at radius 1 is 1.55 bits per heavy atom. The van der Waals surface area contributed by atoms with Crippen LogP contribution >= 0.6 is 0 Å². The van der Waals surface area contributed by atoms with Crippen LogP contribution in [-0.4, -0.2) is 41.8 Å². The molecule has 0 bridgehead atoms. The van der Waals surface area contributed by atoms with E-state index in [1.165, 1.54) is 12.8 Å². The molecule has 1 aliphatic heterocycles. The molecule has 0 saturated carbocycles. The van der Waals surface area contributed by atoms with E-state index in [4.69, 9.17) is 5.73 Å². The normalized spacial score (nSPS) is 17.2. The summed E-state index contributed by atoms with van der Waals surface area (Å²) in [5.74, 6) is 0. The molecule has 0 aromatic carbocycles. The Hall–Kier alpha value is -1.62. The van der Waals surface area contributed by atoms with E-state index in [0.29, 0.717) is 6.54 Å². The minimum absolute atomic E-state index is 0.265. The molecule has 0 spiro atoms. The zero-order valence-electron chi connectivity index (χ0n) is 12.9. The number of likely N-dealkylation sites (tertiary alicyclic amines) is 1. The van der Waals surface area contributed by atoms with Crippen molar-refractivity contribution in [3.05, 3.63) is 18.0 Å².